The highest BCUT2D eigenvalue weighted by Crippen LogP contribution is 2.30. The summed E-state index contributed by atoms with van der Waals surface area (Å²) in [4.78, 5) is 14.3. The van der Waals surface area contributed by atoms with Crippen LogP contribution >= 0.6 is 0 Å². The Kier molecular flexibility index (Phi) is 4.12. The zero-order valence-electron chi connectivity index (χ0n) is 14.3. The van der Waals surface area contributed by atoms with Crippen molar-refractivity contribution in [1.82, 2.24) is 24.9 Å². The number of carbonyl (C=O) groups is 1. The molecule has 0 saturated carbocycles. The second-order valence-corrected chi connectivity index (χ2v) is 6.30. The minimum absolute atomic E-state index is 0.0832. The van der Waals surface area contributed by atoms with E-state index in [1.54, 1.807) is 46.1 Å². The molecule has 0 fully saturated rings. The van der Waals surface area contributed by atoms with E-state index in [2.05, 4.69) is 15.3 Å². The molecule has 0 radical (unpaired) electrons. The van der Waals surface area contributed by atoms with E-state index in [0.29, 0.717) is 30.8 Å². The van der Waals surface area contributed by atoms with Crippen LogP contribution in [0.2, 0.25) is 0 Å². The number of amides is 1. The summed E-state index contributed by atoms with van der Waals surface area (Å²) in [7, 11) is 1.83. The topological polar surface area (TPSA) is 66.8 Å². The van der Waals surface area contributed by atoms with Crippen LogP contribution in [0.1, 0.15) is 16.8 Å². The van der Waals surface area contributed by atoms with Crippen LogP contribution in [0.4, 0.5) is 4.39 Å². The van der Waals surface area contributed by atoms with Gasteiger partial charge in [0.1, 0.15) is 11.5 Å². The molecule has 0 unspecified atom stereocenters. The summed E-state index contributed by atoms with van der Waals surface area (Å²) in [6, 6.07) is 6.55. The first-order valence-electron chi connectivity index (χ1n) is 8.38. The molecule has 0 aliphatic carbocycles. The number of fused-ring (bicyclic) bond motifs is 1. The minimum Gasteiger partial charge on any atom is -0.334 e. The van der Waals surface area contributed by atoms with Crippen molar-refractivity contribution in [2.24, 2.45) is 7.05 Å². The molecule has 7 heteroatoms. The molecule has 6 nitrogen and oxygen atoms in total. The molecule has 3 aromatic rings. The number of carbonyl (C=O) groups excluding carboxylic acids is 1. The van der Waals surface area contributed by atoms with Crippen molar-refractivity contribution in [2.45, 2.75) is 13.0 Å². The number of nitrogens with zero attached hydrogens (tertiary/aromatic N) is 4. The Morgan fingerprint density at radius 3 is 2.96 bits per heavy atom. The number of aromatic amines is 1. The number of halogens is 1. The molecule has 26 heavy (non-hydrogen) atoms. The molecule has 0 spiro atoms. The first kappa shape index (κ1) is 16.3. The smallest absolute Gasteiger partial charge is 0.246 e. The predicted octanol–water partition coefficient (Wildman–Crippen LogP) is 2.55. The predicted molar refractivity (Wildman–Crippen MR) is 95.3 cm³/mol. The zero-order valence-corrected chi connectivity index (χ0v) is 14.3. The summed E-state index contributed by atoms with van der Waals surface area (Å²) in [5.41, 5.74) is 3.74. The van der Waals surface area contributed by atoms with Crippen LogP contribution in [0.25, 0.3) is 17.3 Å². The number of hydrogen-bond donors (Lipinski definition) is 1. The molecule has 0 saturated heterocycles. The highest BCUT2D eigenvalue weighted by atomic mass is 19.1. The molecule has 4 rings (SSSR count). The standard InChI is InChI=1S/C19H18FN5O/c1-24-11-13(10-21-24)6-7-18(26)25-9-8-17-15(12-25)19(23-22-17)14-4-2-3-5-16(14)20/h2-7,10-11H,8-9,12H2,1H3,(H,22,23). The van der Waals surface area contributed by atoms with Crippen LogP contribution in [-0.4, -0.2) is 37.3 Å². The van der Waals surface area contributed by atoms with Crippen LogP contribution in [0.15, 0.2) is 42.7 Å². The van der Waals surface area contributed by atoms with Gasteiger partial charge in [-0.2, -0.15) is 10.2 Å². The third kappa shape index (κ3) is 3.03. The number of aromatic nitrogens is 4. The third-order valence-corrected chi connectivity index (χ3v) is 4.52. The fraction of sp³-hybridized carbons (Fsp3) is 0.211. The van der Waals surface area contributed by atoms with Crippen molar-refractivity contribution in [2.75, 3.05) is 6.54 Å². The average molecular weight is 351 g/mol. The Labute approximate surface area is 149 Å². The Balaban J connectivity index is 1.56. The molecule has 1 N–H and O–H groups in total. The van der Waals surface area contributed by atoms with Gasteiger partial charge in [-0.1, -0.05) is 12.1 Å². The van der Waals surface area contributed by atoms with Gasteiger partial charge in [0.15, 0.2) is 0 Å². The Bertz CT molecular complexity index is 987. The molecule has 0 atom stereocenters. The molecule has 1 amide bonds. The van der Waals surface area contributed by atoms with E-state index in [-0.39, 0.29) is 11.7 Å². The molecule has 2 aromatic heterocycles. The Morgan fingerprint density at radius 2 is 2.19 bits per heavy atom. The van der Waals surface area contributed by atoms with E-state index in [9.17, 15) is 9.18 Å². The van der Waals surface area contributed by atoms with Gasteiger partial charge < -0.3 is 4.90 Å². The second kappa shape index (κ2) is 6.59. The van der Waals surface area contributed by atoms with Crippen LogP contribution in [-0.2, 0) is 24.8 Å². The van der Waals surface area contributed by atoms with Crippen molar-refractivity contribution in [3.63, 3.8) is 0 Å². The summed E-state index contributed by atoms with van der Waals surface area (Å²) in [6.45, 7) is 1.01. The second-order valence-electron chi connectivity index (χ2n) is 6.30. The maximum Gasteiger partial charge on any atom is 0.246 e. The lowest BCUT2D eigenvalue weighted by molar-refractivity contribution is -0.126. The number of aryl methyl sites for hydroxylation is 1. The van der Waals surface area contributed by atoms with Crippen molar-refractivity contribution in [1.29, 1.82) is 0 Å². The van der Waals surface area contributed by atoms with Crippen LogP contribution in [0, 0.1) is 5.82 Å². The van der Waals surface area contributed by atoms with Gasteiger partial charge in [-0.25, -0.2) is 4.39 Å². The lowest BCUT2D eigenvalue weighted by Crippen LogP contribution is -2.34. The minimum atomic E-state index is -0.318. The van der Waals surface area contributed by atoms with Gasteiger partial charge in [0.2, 0.25) is 5.91 Å². The summed E-state index contributed by atoms with van der Waals surface area (Å²) >= 11 is 0. The summed E-state index contributed by atoms with van der Waals surface area (Å²) in [5, 5.41) is 11.4. The average Bonchev–Trinajstić information content (AvgIpc) is 3.25. The number of benzene rings is 1. The van der Waals surface area contributed by atoms with E-state index in [1.807, 2.05) is 13.2 Å². The van der Waals surface area contributed by atoms with Crippen molar-refractivity contribution >= 4 is 12.0 Å². The van der Waals surface area contributed by atoms with E-state index in [1.165, 1.54) is 6.07 Å². The van der Waals surface area contributed by atoms with E-state index in [4.69, 9.17) is 0 Å². The molecule has 3 heterocycles. The molecule has 1 aliphatic rings. The van der Waals surface area contributed by atoms with Gasteiger partial charge in [-0.05, 0) is 18.2 Å². The van der Waals surface area contributed by atoms with Gasteiger partial charge in [0.05, 0.1) is 6.20 Å². The number of rotatable bonds is 3. The first-order valence-corrected chi connectivity index (χ1v) is 8.38. The maximum absolute atomic E-state index is 14.1. The van der Waals surface area contributed by atoms with E-state index in [0.717, 1.165) is 16.8 Å². The molecular formula is C19H18FN5O. The number of hydrogen-bond acceptors (Lipinski definition) is 3. The highest BCUT2D eigenvalue weighted by Gasteiger charge is 2.25. The fourth-order valence-electron chi connectivity index (χ4n) is 3.16. The van der Waals surface area contributed by atoms with Crippen LogP contribution in [0.5, 0.6) is 0 Å². The molecule has 1 aliphatic heterocycles. The summed E-state index contributed by atoms with van der Waals surface area (Å²) in [5.74, 6) is -0.401. The van der Waals surface area contributed by atoms with Gasteiger partial charge in [0.25, 0.3) is 0 Å². The first-order chi connectivity index (χ1) is 12.6. The fourth-order valence-corrected chi connectivity index (χ4v) is 3.16. The van der Waals surface area contributed by atoms with Gasteiger partial charge in [-0.15, -0.1) is 0 Å². The molecule has 0 bridgehead atoms. The van der Waals surface area contributed by atoms with Gasteiger partial charge >= 0.3 is 0 Å². The van der Waals surface area contributed by atoms with Gasteiger partial charge in [-0.3, -0.25) is 14.6 Å². The zero-order chi connectivity index (χ0) is 18.1. The number of H-pyrrole nitrogens is 1. The molecule has 132 valence electrons. The Morgan fingerprint density at radius 1 is 1.35 bits per heavy atom. The monoisotopic (exact) mass is 351 g/mol. The number of nitrogens with one attached hydrogen (secondary N) is 1. The van der Waals surface area contributed by atoms with Crippen molar-refractivity contribution in [3.8, 4) is 11.3 Å². The van der Waals surface area contributed by atoms with Crippen molar-refractivity contribution in [3.05, 3.63) is 65.4 Å². The van der Waals surface area contributed by atoms with Gasteiger partial charge in [0, 0.05) is 61.2 Å². The highest BCUT2D eigenvalue weighted by molar-refractivity contribution is 5.92. The maximum atomic E-state index is 14.1. The lowest BCUT2D eigenvalue weighted by Gasteiger charge is -2.26. The molecule has 1 aromatic carbocycles. The van der Waals surface area contributed by atoms with E-state index >= 15 is 0 Å². The van der Waals surface area contributed by atoms with E-state index < -0.39 is 0 Å². The normalized spacial score (nSPS) is 14.0. The third-order valence-electron chi connectivity index (χ3n) is 4.52. The lowest BCUT2D eigenvalue weighted by atomic mass is 10.0. The largest absolute Gasteiger partial charge is 0.334 e. The van der Waals surface area contributed by atoms with Crippen LogP contribution < -0.4 is 0 Å². The summed E-state index contributed by atoms with van der Waals surface area (Å²) < 4.78 is 15.8. The molecular weight excluding hydrogens is 333 g/mol. The SMILES string of the molecule is Cn1cc(C=CC(=O)N2CCc3[nH]nc(-c4ccccc4F)c3C2)cn1. The summed E-state index contributed by atoms with van der Waals surface area (Å²) in [6.07, 6.45) is 7.50. The van der Waals surface area contributed by atoms with Crippen molar-refractivity contribution < 1.29 is 9.18 Å². The quantitative estimate of drug-likeness (QED) is 0.738. The Hall–Kier alpha value is -3.22. The van der Waals surface area contributed by atoms with Crippen LogP contribution in [0.3, 0.4) is 0 Å².